The van der Waals surface area contributed by atoms with Crippen LogP contribution < -0.4 is 9.62 Å². The van der Waals surface area contributed by atoms with E-state index in [1.165, 1.54) is 23.1 Å². The molecular weight excluding hydrogens is 544 g/mol. The summed E-state index contributed by atoms with van der Waals surface area (Å²) >= 11 is 24.2. The highest BCUT2D eigenvalue weighted by Crippen LogP contribution is 2.28. The first-order valence-corrected chi connectivity index (χ1v) is 13.6. The van der Waals surface area contributed by atoms with Crippen molar-refractivity contribution in [1.82, 2.24) is 10.2 Å². The lowest BCUT2D eigenvalue weighted by molar-refractivity contribution is -0.139. The number of nitrogens with one attached hydrogen (secondary N) is 1. The Labute approximate surface area is 220 Å². The van der Waals surface area contributed by atoms with Crippen LogP contribution in [0.3, 0.4) is 0 Å². The minimum Gasteiger partial charge on any atom is -0.354 e. The molecule has 1 unspecified atom stereocenters. The number of hydrogen-bond acceptors (Lipinski definition) is 4. The molecule has 186 valence electrons. The van der Waals surface area contributed by atoms with Crippen LogP contribution in [0.15, 0.2) is 36.4 Å². The second kappa shape index (κ2) is 12.3. The summed E-state index contributed by atoms with van der Waals surface area (Å²) in [5.41, 5.74) is 0.750. The van der Waals surface area contributed by atoms with Crippen LogP contribution in [0.2, 0.25) is 20.1 Å². The first-order chi connectivity index (χ1) is 15.8. The molecule has 0 fully saturated rings. The number of carbonyl (C=O) groups excluding carboxylic acids is 2. The number of anilines is 1. The number of sulfonamides is 1. The SMILES string of the molecule is CCCNC(=O)C(C)N(Cc1ccc(Cl)c(Cl)c1)C(=O)CN(c1cc(Cl)cc(Cl)c1)S(C)(=O)=O. The minimum absolute atomic E-state index is 0.00430. The van der Waals surface area contributed by atoms with Gasteiger partial charge < -0.3 is 10.2 Å². The van der Waals surface area contributed by atoms with E-state index in [2.05, 4.69) is 5.32 Å². The summed E-state index contributed by atoms with van der Waals surface area (Å²) in [6, 6.07) is 8.19. The lowest BCUT2D eigenvalue weighted by Crippen LogP contribution is -2.51. The molecule has 0 saturated heterocycles. The van der Waals surface area contributed by atoms with Gasteiger partial charge in [0.15, 0.2) is 0 Å². The quantitative estimate of drug-likeness (QED) is 0.436. The van der Waals surface area contributed by atoms with Gasteiger partial charge in [-0.25, -0.2) is 8.42 Å². The zero-order valence-corrected chi connectivity index (χ0v) is 22.7. The van der Waals surface area contributed by atoms with Crippen molar-refractivity contribution < 1.29 is 18.0 Å². The fourth-order valence-corrected chi connectivity index (χ4v) is 4.78. The standard InChI is InChI=1S/C22H25Cl4N3O4S/c1-4-7-27-22(31)14(2)28(12-15-5-6-19(25)20(26)8-15)21(30)13-29(34(3,32)33)18-10-16(23)9-17(24)11-18/h5-6,8-11,14H,4,7,12-13H2,1-3H3,(H,27,31). The van der Waals surface area contributed by atoms with E-state index in [9.17, 15) is 18.0 Å². The van der Waals surface area contributed by atoms with Gasteiger partial charge in [-0.2, -0.15) is 0 Å². The van der Waals surface area contributed by atoms with E-state index in [0.717, 1.165) is 17.0 Å². The number of nitrogens with zero attached hydrogens (tertiary/aromatic N) is 2. The van der Waals surface area contributed by atoms with Crippen LogP contribution in [0.4, 0.5) is 5.69 Å². The van der Waals surface area contributed by atoms with Gasteiger partial charge in [0, 0.05) is 23.1 Å². The zero-order chi connectivity index (χ0) is 25.6. The third-order valence-electron chi connectivity index (χ3n) is 4.87. The van der Waals surface area contributed by atoms with Gasteiger partial charge in [0.1, 0.15) is 12.6 Å². The third kappa shape index (κ3) is 7.92. The summed E-state index contributed by atoms with van der Waals surface area (Å²) in [5, 5.41) is 3.82. The monoisotopic (exact) mass is 567 g/mol. The molecule has 12 heteroatoms. The summed E-state index contributed by atoms with van der Waals surface area (Å²) in [6.45, 7) is 3.35. The lowest BCUT2D eigenvalue weighted by atomic mass is 10.1. The molecule has 1 N–H and O–H groups in total. The van der Waals surface area contributed by atoms with Crippen molar-refractivity contribution in [2.45, 2.75) is 32.9 Å². The molecule has 2 aromatic rings. The molecule has 0 bridgehead atoms. The summed E-state index contributed by atoms with van der Waals surface area (Å²) < 4.78 is 26.0. The van der Waals surface area contributed by atoms with Gasteiger partial charge in [-0.05, 0) is 49.2 Å². The van der Waals surface area contributed by atoms with Crippen LogP contribution >= 0.6 is 46.4 Å². The van der Waals surface area contributed by atoms with Gasteiger partial charge in [-0.3, -0.25) is 13.9 Å². The topological polar surface area (TPSA) is 86.8 Å². The molecule has 1 atom stereocenters. The van der Waals surface area contributed by atoms with Crippen molar-refractivity contribution in [3.05, 3.63) is 62.1 Å². The third-order valence-corrected chi connectivity index (χ3v) is 7.18. The van der Waals surface area contributed by atoms with Crippen LogP contribution in [0.25, 0.3) is 0 Å². The van der Waals surface area contributed by atoms with E-state index in [0.29, 0.717) is 22.2 Å². The molecule has 0 aliphatic heterocycles. The normalized spacial score (nSPS) is 12.2. The van der Waals surface area contributed by atoms with Crippen molar-refractivity contribution in [3.8, 4) is 0 Å². The second-order valence-corrected chi connectivity index (χ2v) is 11.2. The fourth-order valence-electron chi connectivity index (χ4n) is 3.11. The van der Waals surface area contributed by atoms with Gasteiger partial charge in [-0.1, -0.05) is 59.4 Å². The molecule has 0 aliphatic carbocycles. The average Bonchev–Trinajstić information content (AvgIpc) is 2.74. The van der Waals surface area contributed by atoms with Crippen molar-refractivity contribution in [1.29, 1.82) is 0 Å². The summed E-state index contributed by atoms with van der Waals surface area (Å²) in [7, 11) is -3.90. The molecule has 2 aromatic carbocycles. The largest absolute Gasteiger partial charge is 0.354 e. The number of rotatable bonds is 10. The Balaban J connectivity index is 2.42. The molecule has 2 rings (SSSR count). The molecule has 34 heavy (non-hydrogen) atoms. The van der Waals surface area contributed by atoms with Gasteiger partial charge in [-0.15, -0.1) is 0 Å². The van der Waals surface area contributed by atoms with Gasteiger partial charge in [0.2, 0.25) is 21.8 Å². The molecular formula is C22H25Cl4N3O4S. The van der Waals surface area contributed by atoms with Crippen LogP contribution in [0.1, 0.15) is 25.8 Å². The highest BCUT2D eigenvalue weighted by molar-refractivity contribution is 7.92. The van der Waals surface area contributed by atoms with Crippen LogP contribution in [-0.2, 0) is 26.2 Å². The maximum Gasteiger partial charge on any atom is 0.244 e. The minimum atomic E-state index is -3.90. The van der Waals surface area contributed by atoms with Crippen LogP contribution in [-0.4, -0.2) is 50.5 Å². The molecule has 0 saturated carbocycles. The molecule has 2 amide bonds. The Morgan fingerprint density at radius 1 is 1.00 bits per heavy atom. The summed E-state index contributed by atoms with van der Waals surface area (Å²) in [4.78, 5) is 27.4. The zero-order valence-electron chi connectivity index (χ0n) is 18.8. The molecule has 0 spiro atoms. The number of halogens is 4. The Bertz CT molecular complexity index is 1140. The van der Waals surface area contributed by atoms with Crippen LogP contribution in [0.5, 0.6) is 0 Å². The Hall–Kier alpha value is -1.71. The highest BCUT2D eigenvalue weighted by Gasteiger charge is 2.30. The second-order valence-electron chi connectivity index (χ2n) is 7.63. The van der Waals surface area contributed by atoms with Crippen molar-refractivity contribution in [2.24, 2.45) is 0 Å². The molecule has 0 aliphatic rings. The van der Waals surface area contributed by atoms with Crippen molar-refractivity contribution in [3.63, 3.8) is 0 Å². The first kappa shape index (κ1) is 28.5. The predicted molar refractivity (Wildman–Crippen MR) is 138 cm³/mol. The van der Waals surface area contributed by atoms with E-state index in [1.807, 2.05) is 6.92 Å². The predicted octanol–water partition coefficient (Wildman–Crippen LogP) is 5.01. The molecule has 0 heterocycles. The van der Waals surface area contributed by atoms with E-state index in [1.54, 1.807) is 25.1 Å². The van der Waals surface area contributed by atoms with E-state index in [4.69, 9.17) is 46.4 Å². The fraction of sp³-hybridized carbons (Fsp3) is 0.364. The maximum atomic E-state index is 13.4. The van der Waals surface area contributed by atoms with E-state index >= 15 is 0 Å². The first-order valence-electron chi connectivity index (χ1n) is 10.3. The number of hydrogen-bond donors (Lipinski definition) is 1. The Morgan fingerprint density at radius 3 is 2.15 bits per heavy atom. The van der Waals surface area contributed by atoms with E-state index in [-0.39, 0.29) is 28.2 Å². The molecule has 0 aromatic heterocycles. The van der Waals surface area contributed by atoms with Gasteiger partial charge in [0.05, 0.1) is 22.0 Å². The van der Waals surface area contributed by atoms with Crippen molar-refractivity contribution in [2.75, 3.05) is 23.7 Å². The van der Waals surface area contributed by atoms with Gasteiger partial charge in [0.25, 0.3) is 0 Å². The highest BCUT2D eigenvalue weighted by atomic mass is 35.5. The maximum absolute atomic E-state index is 13.4. The number of amides is 2. The molecule has 7 nitrogen and oxygen atoms in total. The Kier molecular flexibility index (Phi) is 10.3. The lowest BCUT2D eigenvalue weighted by Gasteiger charge is -2.31. The smallest absolute Gasteiger partial charge is 0.244 e. The average molecular weight is 569 g/mol. The van der Waals surface area contributed by atoms with Crippen LogP contribution in [0, 0.1) is 0 Å². The van der Waals surface area contributed by atoms with Crippen molar-refractivity contribution >= 4 is 73.9 Å². The Morgan fingerprint density at radius 2 is 1.62 bits per heavy atom. The summed E-state index contributed by atoms with van der Waals surface area (Å²) in [5.74, 6) is -0.973. The van der Waals surface area contributed by atoms with E-state index < -0.39 is 28.5 Å². The van der Waals surface area contributed by atoms with Gasteiger partial charge >= 0.3 is 0 Å². The number of carbonyl (C=O) groups is 2. The number of benzene rings is 2. The summed E-state index contributed by atoms with van der Waals surface area (Å²) in [6.07, 6.45) is 1.69. The molecule has 0 radical (unpaired) electrons.